The Morgan fingerprint density at radius 3 is 2.59 bits per heavy atom. The van der Waals surface area contributed by atoms with Crippen molar-refractivity contribution < 1.29 is 38.3 Å². The fourth-order valence-electron chi connectivity index (χ4n) is 1.18. The van der Waals surface area contributed by atoms with Crippen LogP contribution >= 0.6 is 0 Å². The van der Waals surface area contributed by atoms with Gasteiger partial charge in [-0.15, -0.1) is 0 Å². The van der Waals surface area contributed by atoms with E-state index in [1.165, 1.54) is 13.0 Å². The molecule has 86 valence electrons. The number of carboxylic acids is 1. The van der Waals surface area contributed by atoms with Crippen molar-refractivity contribution in [3.8, 4) is 5.75 Å². The molecule has 0 saturated carbocycles. The summed E-state index contributed by atoms with van der Waals surface area (Å²) in [6.45, 7) is 1.40. The molecule has 0 radical (unpaired) electrons. The Bertz CT molecular complexity index is 420. The minimum absolute atomic E-state index is 0. The molecule has 1 aromatic rings. The number of hydrogen-bond donors (Lipinski definition) is 1. The number of nitrogen functional groups attached to an aromatic ring is 1. The van der Waals surface area contributed by atoms with E-state index in [-0.39, 0.29) is 37.7 Å². The molecule has 0 saturated heterocycles. The van der Waals surface area contributed by atoms with E-state index < -0.39 is 5.97 Å². The second kappa shape index (κ2) is 7.00. The van der Waals surface area contributed by atoms with Gasteiger partial charge in [0.25, 0.3) is 0 Å². The molecule has 0 spiro atoms. The Balaban J connectivity index is 0.00000256. The van der Waals surface area contributed by atoms with E-state index >= 15 is 0 Å². The predicted molar refractivity (Wildman–Crippen MR) is 56.0 cm³/mol. The number of anilines is 1. The van der Waals surface area contributed by atoms with Crippen LogP contribution in [0.5, 0.6) is 5.75 Å². The normalized spacial score (nSPS) is 9.24. The minimum atomic E-state index is -1.18. The first-order chi connectivity index (χ1) is 7.50. The Morgan fingerprint density at radius 2 is 2.06 bits per heavy atom. The number of rotatable bonds is 5. The summed E-state index contributed by atoms with van der Waals surface area (Å²) in [5.41, 5.74) is 6.33. The van der Waals surface area contributed by atoms with Crippen molar-refractivity contribution in [3.63, 3.8) is 0 Å². The largest absolute Gasteiger partial charge is 1.00 e. The Kier molecular flexibility index (Phi) is 6.40. The van der Waals surface area contributed by atoms with E-state index in [9.17, 15) is 14.7 Å². The summed E-state index contributed by atoms with van der Waals surface area (Å²) in [4.78, 5) is 21.3. The molecule has 0 bridgehead atoms. The van der Waals surface area contributed by atoms with E-state index in [0.717, 1.165) is 0 Å². The molecule has 0 aliphatic carbocycles. The number of aliphatic carboxylic acids is 1. The quantitative estimate of drug-likeness (QED) is 0.330. The second-order valence-corrected chi connectivity index (χ2v) is 3.28. The molecule has 0 heterocycles. The zero-order chi connectivity index (χ0) is 12.1. The monoisotopic (exact) mass is 229 g/mol. The molecule has 2 N–H and O–H groups in total. The average Bonchev–Trinajstić information content (AvgIpc) is 2.19. The Hall–Kier alpha value is -1.44. The molecule has 17 heavy (non-hydrogen) atoms. The van der Waals surface area contributed by atoms with Crippen LogP contribution in [0.25, 0.3) is 0 Å². The maximum absolute atomic E-state index is 11.2. The van der Waals surface area contributed by atoms with Crippen LogP contribution in [0.4, 0.5) is 5.69 Å². The van der Waals surface area contributed by atoms with Crippen molar-refractivity contribution in [2.75, 3.05) is 12.3 Å². The van der Waals surface area contributed by atoms with Gasteiger partial charge in [-0.05, 0) is 25.1 Å². The third-order valence-electron chi connectivity index (χ3n) is 1.98. The molecule has 0 aliphatic heterocycles. The summed E-state index contributed by atoms with van der Waals surface area (Å²) in [5.74, 6) is -0.925. The van der Waals surface area contributed by atoms with Gasteiger partial charge >= 0.3 is 18.9 Å². The van der Waals surface area contributed by atoms with Gasteiger partial charge in [0.15, 0.2) is 5.78 Å². The van der Waals surface area contributed by atoms with E-state index in [4.69, 9.17) is 10.5 Å². The molecule has 5 nitrogen and oxygen atoms in total. The number of ketones is 1. The number of Topliss-reactive ketones (excluding diaryl/α,β-unsaturated/α-hetero) is 1. The van der Waals surface area contributed by atoms with Crippen LogP contribution < -0.4 is 34.4 Å². The van der Waals surface area contributed by atoms with Crippen LogP contribution in [-0.2, 0) is 4.79 Å². The zero-order valence-electron chi connectivity index (χ0n) is 9.86. The van der Waals surface area contributed by atoms with E-state index in [1.807, 2.05) is 0 Å². The molecule has 6 heteroatoms. The van der Waals surface area contributed by atoms with Gasteiger partial charge in [-0.1, -0.05) is 0 Å². The van der Waals surface area contributed by atoms with Crippen LogP contribution in [0, 0.1) is 0 Å². The van der Waals surface area contributed by atoms with Crippen molar-refractivity contribution in [1.29, 1.82) is 0 Å². The van der Waals surface area contributed by atoms with Gasteiger partial charge in [-0.3, -0.25) is 4.79 Å². The summed E-state index contributed by atoms with van der Waals surface area (Å²) in [7, 11) is 0. The smallest absolute Gasteiger partial charge is 0.550 e. The molecule has 0 amide bonds. The number of ether oxygens (including phenoxy) is 1. The maximum Gasteiger partial charge on any atom is 1.00 e. The van der Waals surface area contributed by atoms with Crippen LogP contribution in [0.2, 0.25) is 0 Å². The molecule has 0 aliphatic rings. The second-order valence-electron chi connectivity index (χ2n) is 3.28. The number of hydrogen-bond acceptors (Lipinski definition) is 5. The van der Waals surface area contributed by atoms with Crippen molar-refractivity contribution in [2.24, 2.45) is 0 Å². The molecular weight excluding hydrogens is 217 g/mol. The molecule has 0 atom stereocenters. The third kappa shape index (κ3) is 4.94. The molecule has 0 unspecified atom stereocenters. The third-order valence-corrected chi connectivity index (χ3v) is 1.98. The first-order valence-corrected chi connectivity index (χ1v) is 4.74. The van der Waals surface area contributed by atoms with E-state index in [2.05, 4.69) is 0 Å². The predicted octanol–water partition coefficient (Wildman–Crippen LogP) is -3.01. The van der Waals surface area contributed by atoms with E-state index in [1.54, 1.807) is 12.1 Å². The Morgan fingerprint density at radius 1 is 1.41 bits per heavy atom. The van der Waals surface area contributed by atoms with Crippen LogP contribution in [0.1, 0.15) is 23.7 Å². The standard InChI is InChI=1S/C11H13NO4.Li/c1-7(13)9-6-8(2-3-10(9)12)16-5-4-11(14)15;/h2-3,6H,4-5,12H2,1H3,(H,14,15);/q;+1/p-1. The summed E-state index contributed by atoms with van der Waals surface area (Å²) >= 11 is 0. The maximum atomic E-state index is 11.2. The first kappa shape index (κ1) is 15.6. The van der Waals surface area contributed by atoms with Crippen molar-refractivity contribution in [1.82, 2.24) is 0 Å². The summed E-state index contributed by atoms with van der Waals surface area (Å²) < 4.78 is 5.13. The van der Waals surface area contributed by atoms with Crippen LogP contribution in [0.15, 0.2) is 18.2 Å². The molecule has 0 fully saturated rings. The van der Waals surface area contributed by atoms with Gasteiger partial charge in [0, 0.05) is 23.6 Å². The van der Waals surface area contributed by atoms with Crippen LogP contribution in [0.3, 0.4) is 0 Å². The zero-order valence-corrected chi connectivity index (χ0v) is 9.86. The molecular formula is C11H12LiNO4. The van der Waals surface area contributed by atoms with Crippen molar-refractivity contribution >= 4 is 17.4 Å². The molecule has 1 aromatic carbocycles. The minimum Gasteiger partial charge on any atom is -0.550 e. The number of carbonyl (C=O) groups excluding carboxylic acids is 2. The fraction of sp³-hybridized carbons (Fsp3) is 0.273. The average molecular weight is 229 g/mol. The van der Waals surface area contributed by atoms with Crippen molar-refractivity contribution in [2.45, 2.75) is 13.3 Å². The first-order valence-electron chi connectivity index (χ1n) is 4.74. The summed E-state index contributed by atoms with van der Waals surface area (Å²) in [6.07, 6.45) is -0.195. The summed E-state index contributed by atoms with van der Waals surface area (Å²) in [6, 6.07) is 4.62. The van der Waals surface area contributed by atoms with Crippen molar-refractivity contribution in [3.05, 3.63) is 23.8 Å². The van der Waals surface area contributed by atoms with Gasteiger partial charge in [0.2, 0.25) is 0 Å². The molecule has 1 rings (SSSR count). The molecule has 0 aromatic heterocycles. The number of carboxylic acid groups (broad SMARTS) is 1. The number of benzene rings is 1. The Labute approximate surface area is 111 Å². The number of nitrogens with two attached hydrogens (primary N) is 1. The van der Waals surface area contributed by atoms with E-state index in [0.29, 0.717) is 17.0 Å². The SMILES string of the molecule is CC(=O)c1cc(OCCC(=O)[O-])ccc1N.[Li+]. The van der Waals surface area contributed by atoms with Gasteiger partial charge < -0.3 is 20.4 Å². The van der Waals surface area contributed by atoms with Gasteiger partial charge in [0.1, 0.15) is 5.75 Å². The van der Waals surface area contributed by atoms with Gasteiger partial charge in [-0.2, -0.15) is 0 Å². The fourth-order valence-corrected chi connectivity index (χ4v) is 1.18. The van der Waals surface area contributed by atoms with Gasteiger partial charge in [0.05, 0.1) is 6.61 Å². The topological polar surface area (TPSA) is 92.5 Å². The number of carbonyl (C=O) groups is 2. The van der Waals surface area contributed by atoms with Crippen LogP contribution in [-0.4, -0.2) is 18.4 Å². The summed E-state index contributed by atoms with van der Waals surface area (Å²) in [5, 5.41) is 10.2. The van der Waals surface area contributed by atoms with Gasteiger partial charge in [-0.25, -0.2) is 0 Å².